The molecule has 0 radical (unpaired) electrons. The van der Waals surface area contributed by atoms with Crippen molar-refractivity contribution in [3.63, 3.8) is 0 Å². The first-order chi connectivity index (χ1) is 16.1. The number of carbonyl (C=O) groups excluding carboxylic acids is 3. The number of anilines is 1. The Bertz CT molecular complexity index is 814. The summed E-state index contributed by atoms with van der Waals surface area (Å²) in [6, 6.07) is 8.66. The van der Waals surface area contributed by atoms with Crippen LogP contribution in [0.2, 0.25) is 0 Å². The van der Waals surface area contributed by atoms with Crippen LogP contribution in [-0.4, -0.2) is 54.7 Å². The Hall–Kier alpha value is -2.71. The lowest BCUT2D eigenvalue weighted by molar-refractivity contribution is -0.122. The summed E-state index contributed by atoms with van der Waals surface area (Å²) in [6.07, 6.45) is 10.8. The number of hydrogen-bond donors (Lipinski definition) is 4. The smallest absolute Gasteiger partial charge is 0.319 e. The topological polar surface area (TPSA) is 117 Å². The second-order valence-corrected chi connectivity index (χ2v) is 8.73. The van der Waals surface area contributed by atoms with E-state index in [1.807, 2.05) is 18.2 Å². The van der Waals surface area contributed by atoms with Gasteiger partial charge < -0.3 is 25.8 Å². The predicted octanol–water partition coefficient (Wildman–Crippen LogP) is 2.79. The molecule has 33 heavy (non-hydrogen) atoms. The normalized spacial score (nSPS) is 23.5. The van der Waals surface area contributed by atoms with E-state index < -0.39 is 6.03 Å². The van der Waals surface area contributed by atoms with Gasteiger partial charge in [0.05, 0.1) is 18.8 Å². The monoisotopic (exact) mass is 457 g/mol. The van der Waals surface area contributed by atoms with E-state index in [1.165, 1.54) is 0 Å². The van der Waals surface area contributed by atoms with Crippen molar-refractivity contribution in [3.8, 4) is 0 Å². The lowest BCUT2D eigenvalue weighted by Gasteiger charge is -2.27. The molecule has 2 aliphatic heterocycles. The number of hydrogen-bond acceptors (Lipinski definition) is 5. The Morgan fingerprint density at radius 2 is 1.79 bits per heavy atom. The maximum atomic E-state index is 12.1. The van der Waals surface area contributed by atoms with Gasteiger partial charge in [-0.3, -0.25) is 9.59 Å². The Balaban J connectivity index is 1.33. The number of benzene rings is 1. The van der Waals surface area contributed by atoms with Gasteiger partial charge in [-0.25, -0.2) is 4.79 Å². The fourth-order valence-corrected chi connectivity index (χ4v) is 4.76. The molecule has 1 aromatic rings. The van der Waals surface area contributed by atoms with Crippen LogP contribution in [0.4, 0.5) is 10.5 Å². The van der Waals surface area contributed by atoms with Crippen molar-refractivity contribution in [3.05, 3.63) is 42.5 Å². The summed E-state index contributed by atoms with van der Waals surface area (Å²) >= 11 is 0. The molecule has 2 saturated heterocycles. The number of ether oxygens (including phenoxy) is 1. The summed E-state index contributed by atoms with van der Waals surface area (Å²) in [7, 11) is 0. The number of urea groups is 1. The first-order valence-electron chi connectivity index (χ1n) is 11.9. The lowest BCUT2D eigenvalue weighted by atomic mass is 9.76. The maximum Gasteiger partial charge on any atom is 0.319 e. The molecule has 2 aliphatic rings. The fraction of sp³-hybridized carbons (Fsp3) is 0.560. The highest BCUT2D eigenvalue weighted by Crippen LogP contribution is 2.46. The molecule has 2 fully saturated rings. The van der Waals surface area contributed by atoms with Crippen LogP contribution in [0.15, 0.2) is 42.5 Å². The Kier molecular flexibility index (Phi) is 9.90. The van der Waals surface area contributed by atoms with Crippen LogP contribution in [0.5, 0.6) is 0 Å². The summed E-state index contributed by atoms with van der Waals surface area (Å²) in [5.41, 5.74) is 0.672. The quantitative estimate of drug-likeness (QED) is 0.268. The van der Waals surface area contributed by atoms with Crippen molar-refractivity contribution in [1.82, 2.24) is 10.6 Å². The Morgan fingerprint density at radius 1 is 1.03 bits per heavy atom. The highest BCUT2D eigenvalue weighted by molar-refractivity contribution is 5.92. The van der Waals surface area contributed by atoms with Gasteiger partial charge >= 0.3 is 6.03 Å². The number of aliphatic hydroxyl groups excluding tert-OH is 1. The maximum absolute atomic E-state index is 12.1. The number of fused-ring (bicyclic) bond motifs is 2. The number of nitrogens with one attached hydrogen (secondary N) is 3. The third kappa shape index (κ3) is 7.98. The third-order valence-electron chi connectivity index (χ3n) is 6.41. The summed E-state index contributed by atoms with van der Waals surface area (Å²) < 4.78 is 6.13. The molecule has 4 atom stereocenters. The molecule has 3 amide bonds. The van der Waals surface area contributed by atoms with Crippen LogP contribution in [0, 0.1) is 11.8 Å². The molecular weight excluding hydrogens is 422 g/mol. The summed E-state index contributed by atoms with van der Waals surface area (Å²) in [5.74, 6) is 0.542. The van der Waals surface area contributed by atoms with Crippen LogP contribution in [0.1, 0.15) is 44.9 Å². The summed E-state index contributed by atoms with van der Waals surface area (Å²) in [6.45, 7) is 0.111. The number of amides is 3. The summed E-state index contributed by atoms with van der Waals surface area (Å²) in [4.78, 5) is 35.1. The van der Waals surface area contributed by atoms with E-state index >= 15 is 0 Å². The first kappa shape index (κ1) is 24.9. The minimum Gasteiger partial charge on any atom is -0.389 e. The van der Waals surface area contributed by atoms with Crippen LogP contribution >= 0.6 is 0 Å². The van der Waals surface area contributed by atoms with E-state index in [9.17, 15) is 14.4 Å². The van der Waals surface area contributed by atoms with Crippen molar-refractivity contribution in [2.24, 2.45) is 11.8 Å². The number of para-hydroxylation sites is 1. The number of carbonyl (C=O) groups is 3. The molecular formula is C25H35N3O5. The van der Waals surface area contributed by atoms with Crippen molar-refractivity contribution >= 4 is 23.4 Å². The molecule has 0 unspecified atom stereocenters. The van der Waals surface area contributed by atoms with Gasteiger partial charge in [-0.1, -0.05) is 30.4 Å². The molecule has 2 heterocycles. The molecule has 2 bridgehead atoms. The van der Waals surface area contributed by atoms with Crippen LogP contribution in [0.25, 0.3) is 0 Å². The molecule has 1 aromatic carbocycles. The zero-order valence-electron chi connectivity index (χ0n) is 19.0. The third-order valence-corrected chi connectivity index (χ3v) is 6.41. The average molecular weight is 458 g/mol. The predicted molar refractivity (Wildman–Crippen MR) is 126 cm³/mol. The second-order valence-electron chi connectivity index (χ2n) is 8.73. The molecule has 4 N–H and O–H groups in total. The van der Waals surface area contributed by atoms with E-state index in [0.29, 0.717) is 36.6 Å². The Labute approximate surface area is 195 Å². The number of ketones is 1. The van der Waals surface area contributed by atoms with Gasteiger partial charge in [0.1, 0.15) is 6.61 Å². The van der Waals surface area contributed by atoms with Gasteiger partial charge in [-0.2, -0.15) is 0 Å². The number of unbranched alkanes of at least 4 members (excludes halogenated alkanes) is 1. The molecule has 180 valence electrons. The van der Waals surface area contributed by atoms with Crippen LogP contribution < -0.4 is 16.0 Å². The molecule has 0 spiro atoms. The molecule has 0 saturated carbocycles. The van der Waals surface area contributed by atoms with E-state index in [1.54, 1.807) is 12.1 Å². The van der Waals surface area contributed by atoms with E-state index in [-0.39, 0.29) is 30.9 Å². The standard InChI is InChI=1S/C25H35N3O5/c29-17-19(30)10-6-1-2-7-11-20-21(23-13-12-22(20)33-23)14-15-26-24(31)16-27-25(32)28-18-8-4-3-5-9-18/h2-5,7-9,20-23,29H,1,6,10-17H2,(H,26,31)(H2,27,28,32)/t20-,21+,22+,23+/m1/s1. The Morgan fingerprint density at radius 3 is 2.55 bits per heavy atom. The van der Waals surface area contributed by atoms with E-state index in [4.69, 9.17) is 9.84 Å². The first-order valence-corrected chi connectivity index (χ1v) is 11.9. The highest BCUT2D eigenvalue weighted by atomic mass is 16.5. The van der Waals surface area contributed by atoms with Gasteiger partial charge in [-0.15, -0.1) is 0 Å². The minimum absolute atomic E-state index is 0.0726. The van der Waals surface area contributed by atoms with Gasteiger partial charge in [0.2, 0.25) is 5.91 Å². The molecule has 3 rings (SSSR count). The van der Waals surface area contributed by atoms with E-state index in [2.05, 4.69) is 28.1 Å². The number of aliphatic hydroxyl groups is 1. The number of allylic oxidation sites excluding steroid dienone is 2. The molecule has 0 aromatic heterocycles. The lowest BCUT2D eigenvalue weighted by Crippen LogP contribution is -2.40. The largest absolute Gasteiger partial charge is 0.389 e. The zero-order valence-corrected chi connectivity index (χ0v) is 19.0. The van der Waals surface area contributed by atoms with Crippen molar-refractivity contribution in [2.75, 3.05) is 25.0 Å². The van der Waals surface area contributed by atoms with Crippen LogP contribution in [0.3, 0.4) is 0 Å². The van der Waals surface area contributed by atoms with Gasteiger partial charge in [0.25, 0.3) is 0 Å². The van der Waals surface area contributed by atoms with Crippen molar-refractivity contribution in [1.29, 1.82) is 0 Å². The van der Waals surface area contributed by atoms with Gasteiger partial charge in [-0.05, 0) is 62.5 Å². The molecule has 8 heteroatoms. The van der Waals surface area contributed by atoms with Crippen molar-refractivity contribution in [2.45, 2.75) is 57.2 Å². The summed E-state index contributed by atoms with van der Waals surface area (Å²) in [5, 5.41) is 16.9. The number of Topliss-reactive ketones (excluding diaryl/α,β-unsaturated/α-hetero) is 1. The SMILES string of the molecule is O=C(CO)CCCC=CC[C@@H]1[C@H](CCNC(=O)CNC(=O)Nc2ccccc2)[C@@H]2CC[C@@H]1O2. The van der Waals surface area contributed by atoms with Gasteiger partial charge in [0, 0.05) is 18.7 Å². The van der Waals surface area contributed by atoms with E-state index in [0.717, 1.165) is 38.5 Å². The second kappa shape index (κ2) is 13.1. The molecule has 8 nitrogen and oxygen atoms in total. The minimum atomic E-state index is -0.412. The number of rotatable bonds is 13. The zero-order chi connectivity index (χ0) is 23.5. The van der Waals surface area contributed by atoms with Crippen LogP contribution in [-0.2, 0) is 14.3 Å². The van der Waals surface area contributed by atoms with Crippen molar-refractivity contribution < 1.29 is 24.2 Å². The fourth-order valence-electron chi connectivity index (χ4n) is 4.76. The molecule has 0 aliphatic carbocycles. The average Bonchev–Trinajstić information content (AvgIpc) is 3.42. The highest BCUT2D eigenvalue weighted by Gasteiger charge is 2.47. The van der Waals surface area contributed by atoms with Gasteiger partial charge in [0.15, 0.2) is 5.78 Å².